The van der Waals surface area contributed by atoms with Crippen molar-refractivity contribution in [3.8, 4) is 11.8 Å². The van der Waals surface area contributed by atoms with Crippen LogP contribution in [0.2, 0.25) is 0 Å². The summed E-state index contributed by atoms with van der Waals surface area (Å²) in [7, 11) is -3.82. The van der Waals surface area contributed by atoms with E-state index in [-0.39, 0.29) is 27.8 Å². The maximum Gasteiger partial charge on any atom is 0.422 e. The molecule has 1 fully saturated rings. The number of nitrogens with one attached hydrogen (secondary N) is 1. The van der Waals surface area contributed by atoms with Crippen LogP contribution in [0.3, 0.4) is 0 Å². The molecule has 1 aliphatic heterocycles. The van der Waals surface area contributed by atoms with Crippen LogP contribution in [0, 0.1) is 11.3 Å². The van der Waals surface area contributed by atoms with Gasteiger partial charge in [0, 0.05) is 13.1 Å². The zero-order valence-corrected chi connectivity index (χ0v) is 16.3. The molecule has 154 valence electrons. The van der Waals surface area contributed by atoms with Crippen molar-refractivity contribution in [3.63, 3.8) is 0 Å². The lowest BCUT2D eigenvalue weighted by Crippen LogP contribution is -2.28. The Morgan fingerprint density at radius 3 is 2.61 bits per heavy atom. The molecule has 1 aromatic carbocycles. The lowest BCUT2D eigenvalue weighted by molar-refractivity contribution is -0.153. The van der Waals surface area contributed by atoms with E-state index in [1.807, 2.05) is 6.07 Å². The standard InChI is InChI=1S/C16H18F3N3O4S2/c17-16(18,19)11-26-14-4-3-12(28(24,25)22-6-1-2-7-22)9-13(14)21-15(23)10-27-8-5-20/h3-4,9H,1-2,6-8,10-11H2,(H,21,23). The Morgan fingerprint density at radius 2 is 2.00 bits per heavy atom. The molecule has 0 aliphatic carbocycles. The van der Waals surface area contributed by atoms with Gasteiger partial charge in [-0.1, -0.05) is 0 Å². The van der Waals surface area contributed by atoms with Crippen LogP contribution in [0.4, 0.5) is 18.9 Å². The number of benzene rings is 1. The first-order valence-electron chi connectivity index (χ1n) is 8.22. The smallest absolute Gasteiger partial charge is 0.422 e. The van der Waals surface area contributed by atoms with Crippen LogP contribution >= 0.6 is 11.8 Å². The van der Waals surface area contributed by atoms with Crippen molar-refractivity contribution >= 4 is 33.4 Å². The molecule has 12 heteroatoms. The van der Waals surface area contributed by atoms with Crippen molar-refractivity contribution in [3.05, 3.63) is 18.2 Å². The van der Waals surface area contributed by atoms with Crippen LogP contribution < -0.4 is 10.1 Å². The van der Waals surface area contributed by atoms with Crippen LogP contribution in [0.5, 0.6) is 5.75 Å². The number of alkyl halides is 3. The monoisotopic (exact) mass is 437 g/mol. The Hall–Kier alpha value is -1.97. The van der Waals surface area contributed by atoms with Crippen molar-refractivity contribution < 1.29 is 31.1 Å². The molecule has 1 heterocycles. The molecule has 0 spiro atoms. The van der Waals surface area contributed by atoms with Crippen molar-refractivity contribution in [1.82, 2.24) is 4.31 Å². The van der Waals surface area contributed by atoms with Crippen molar-refractivity contribution in [2.75, 3.05) is 36.5 Å². The highest BCUT2D eigenvalue weighted by atomic mass is 32.2. The Morgan fingerprint density at radius 1 is 1.32 bits per heavy atom. The van der Waals surface area contributed by atoms with Gasteiger partial charge in [0.25, 0.3) is 0 Å². The van der Waals surface area contributed by atoms with Crippen LogP contribution in [0.25, 0.3) is 0 Å². The maximum atomic E-state index is 12.7. The van der Waals surface area contributed by atoms with Crippen LogP contribution in [0.1, 0.15) is 12.8 Å². The highest BCUT2D eigenvalue weighted by molar-refractivity contribution is 8.00. The first kappa shape index (κ1) is 22.3. The summed E-state index contributed by atoms with van der Waals surface area (Å²) in [6.45, 7) is -0.862. The molecule has 0 radical (unpaired) electrons. The number of carbonyl (C=O) groups excluding carboxylic acids is 1. The van der Waals surface area contributed by atoms with E-state index in [0.29, 0.717) is 13.1 Å². The molecule has 1 N–H and O–H groups in total. The van der Waals surface area contributed by atoms with Gasteiger partial charge < -0.3 is 10.1 Å². The Balaban J connectivity index is 2.27. The fourth-order valence-corrected chi connectivity index (χ4v) is 4.50. The fraction of sp³-hybridized carbons (Fsp3) is 0.500. The number of sulfonamides is 1. The molecule has 7 nitrogen and oxygen atoms in total. The van der Waals surface area contributed by atoms with Gasteiger partial charge in [0.05, 0.1) is 28.2 Å². The van der Waals surface area contributed by atoms with E-state index >= 15 is 0 Å². The van der Waals surface area contributed by atoms with Crippen LogP contribution in [0.15, 0.2) is 23.1 Å². The zero-order valence-electron chi connectivity index (χ0n) is 14.7. The summed E-state index contributed by atoms with van der Waals surface area (Å²) in [5, 5.41) is 10.9. The van der Waals surface area contributed by atoms with E-state index < -0.39 is 28.7 Å². The number of hydrogen-bond donors (Lipinski definition) is 1. The van der Waals surface area contributed by atoms with Gasteiger partial charge in [0.1, 0.15) is 5.75 Å². The topological polar surface area (TPSA) is 99.5 Å². The first-order valence-corrected chi connectivity index (χ1v) is 10.8. The SMILES string of the molecule is N#CCSCC(=O)Nc1cc(S(=O)(=O)N2CCCC2)ccc1OCC(F)(F)F. The minimum absolute atomic E-state index is 0.0637. The van der Waals surface area contributed by atoms with E-state index in [0.717, 1.165) is 42.8 Å². The second-order valence-corrected chi connectivity index (χ2v) is 8.80. The molecule has 28 heavy (non-hydrogen) atoms. The van der Waals surface area contributed by atoms with E-state index in [1.54, 1.807) is 0 Å². The lowest BCUT2D eigenvalue weighted by Gasteiger charge is -2.18. The summed E-state index contributed by atoms with van der Waals surface area (Å²) >= 11 is 1.01. The third kappa shape index (κ3) is 6.29. The largest absolute Gasteiger partial charge is 0.482 e. The molecular formula is C16H18F3N3O4S2. The van der Waals surface area contributed by atoms with Gasteiger partial charge in [0.15, 0.2) is 6.61 Å². The number of anilines is 1. The average Bonchev–Trinajstić information content (AvgIpc) is 3.15. The Kier molecular flexibility index (Phi) is 7.56. The number of amides is 1. The number of carbonyl (C=O) groups is 1. The number of rotatable bonds is 8. The molecule has 0 saturated carbocycles. The summed E-state index contributed by atoms with van der Waals surface area (Å²) < 4.78 is 68.7. The van der Waals surface area contributed by atoms with E-state index in [1.165, 1.54) is 4.31 Å². The van der Waals surface area contributed by atoms with E-state index in [2.05, 4.69) is 5.32 Å². The predicted molar refractivity (Wildman–Crippen MR) is 97.6 cm³/mol. The molecule has 0 bridgehead atoms. The number of ether oxygens (including phenoxy) is 1. The Bertz CT molecular complexity index is 848. The van der Waals surface area contributed by atoms with Gasteiger partial charge in [-0.05, 0) is 31.0 Å². The van der Waals surface area contributed by atoms with Crippen molar-refractivity contribution in [1.29, 1.82) is 5.26 Å². The molecular weight excluding hydrogens is 419 g/mol. The van der Waals surface area contributed by atoms with Crippen LogP contribution in [-0.4, -0.2) is 56.0 Å². The minimum Gasteiger partial charge on any atom is -0.482 e. The zero-order chi connectivity index (χ0) is 20.8. The third-order valence-corrected chi connectivity index (χ3v) is 6.41. The third-order valence-electron chi connectivity index (χ3n) is 3.72. The number of thioether (sulfide) groups is 1. The summed E-state index contributed by atoms with van der Waals surface area (Å²) in [6, 6.07) is 5.18. The maximum absolute atomic E-state index is 12.7. The minimum atomic E-state index is -4.59. The highest BCUT2D eigenvalue weighted by Crippen LogP contribution is 2.31. The molecule has 0 unspecified atom stereocenters. The summed E-state index contributed by atoms with van der Waals surface area (Å²) in [6.07, 6.45) is -3.14. The molecule has 1 saturated heterocycles. The van der Waals surface area contributed by atoms with Gasteiger partial charge in [-0.25, -0.2) is 8.42 Å². The quantitative estimate of drug-likeness (QED) is 0.628. The number of nitrogens with zero attached hydrogens (tertiary/aromatic N) is 2. The molecule has 1 aromatic rings. The fourth-order valence-electron chi connectivity index (χ4n) is 2.51. The summed E-state index contributed by atoms with van der Waals surface area (Å²) in [5.74, 6) is -0.937. The van der Waals surface area contributed by atoms with Gasteiger partial charge in [-0.15, -0.1) is 11.8 Å². The summed E-state index contributed by atoms with van der Waals surface area (Å²) in [4.78, 5) is 11.8. The molecule has 1 amide bonds. The second-order valence-electron chi connectivity index (χ2n) is 5.87. The van der Waals surface area contributed by atoms with Gasteiger partial charge in [-0.2, -0.15) is 22.7 Å². The van der Waals surface area contributed by atoms with Gasteiger partial charge in [-0.3, -0.25) is 4.79 Å². The van der Waals surface area contributed by atoms with Gasteiger partial charge >= 0.3 is 6.18 Å². The van der Waals surface area contributed by atoms with E-state index in [4.69, 9.17) is 10.00 Å². The summed E-state index contributed by atoms with van der Waals surface area (Å²) in [5.41, 5.74) is -0.174. The second kappa shape index (κ2) is 9.49. The van der Waals surface area contributed by atoms with Crippen LogP contribution in [-0.2, 0) is 14.8 Å². The first-order chi connectivity index (χ1) is 13.1. The number of hydrogen-bond acceptors (Lipinski definition) is 6. The number of nitriles is 1. The molecule has 0 aromatic heterocycles. The van der Waals surface area contributed by atoms with Crippen molar-refractivity contribution in [2.24, 2.45) is 0 Å². The van der Waals surface area contributed by atoms with Gasteiger partial charge in [0.2, 0.25) is 15.9 Å². The highest BCUT2D eigenvalue weighted by Gasteiger charge is 2.30. The van der Waals surface area contributed by atoms with Crippen molar-refractivity contribution in [2.45, 2.75) is 23.9 Å². The number of halogens is 3. The normalized spacial score (nSPS) is 15.2. The predicted octanol–water partition coefficient (Wildman–Crippen LogP) is 2.61. The average molecular weight is 437 g/mol. The lowest BCUT2D eigenvalue weighted by atomic mass is 10.3. The molecule has 1 aliphatic rings. The molecule has 2 rings (SSSR count). The molecule has 0 atom stereocenters. The Labute approximate surface area is 164 Å². The van der Waals surface area contributed by atoms with E-state index in [9.17, 15) is 26.4 Å².